The number of hydrogen-bond donors (Lipinski definition) is 2. The minimum Gasteiger partial charge on any atom is -0.353 e. The first-order valence-corrected chi connectivity index (χ1v) is 7.91. The summed E-state index contributed by atoms with van der Waals surface area (Å²) in [5, 5.41) is 7.02. The van der Waals surface area contributed by atoms with E-state index >= 15 is 0 Å². The van der Waals surface area contributed by atoms with Gasteiger partial charge in [0.1, 0.15) is 0 Å². The number of nitrogens with zero attached hydrogens (tertiary/aromatic N) is 1. The number of anilines is 3. The Kier molecular flexibility index (Phi) is 4.99. The van der Waals surface area contributed by atoms with Gasteiger partial charge >= 0.3 is 0 Å². The SMILES string of the molecule is O=C(Nc1ccccc1)c1cncc(Nc2cc(Cl)ccc2Cl)c1. The van der Waals surface area contributed by atoms with E-state index in [1.165, 1.54) is 6.20 Å². The van der Waals surface area contributed by atoms with E-state index in [2.05, 4.69) is 15.6 Å². The van der Waals surface area contributed by atoms with Crippen LogP contribution in [0.4, 0.5) is 17.1 Å². The van der Waals surface area contributed by atoms with Crippen LogP contribution in [0.1, 0.15) is 10.4 Å². The normalized spacial score (nSPS) is 10.2. The van der Waals surface area contributed by atoms with Gasteiger partial charge in [0.2, 0.25) is 0 Å². The summed E-state index contributed by atoms with van der Waals surface area (Å²) in [6.07, 6.45) is 3.11. The summed E-state index contributed by atoms with van der Waals surface area (Å²) in [5.74, 6) is -0.241. The summed E-state index contributed by atoms with van der Waals surface area (Å²) >= 11 is 12.1. The Hall–Kier alpha value is -2.56. The fourth-order valence-electron chi connectivity index (χ4n) is 2.11. The summed E-state index contributed by atoms with van der Waals surface area (Å²) in [7, 11) is 0. The highest BCUT2D eigenvalue weighted by molar-refractivity contribution is 6.35. The number of rotatable bonds is 4. The summed E-state index contributed by atoms with van der Waals surface area (Å²) in [6.45, 7) is 0. The van der Waals surface area contributed by atoms with Crippen LogP contribution in [0.25, 0.3) is 0 Å². The quantitative estimate of drug-likeness (QED) is 0.658. The second kappa shape index (κ2) is 7.34. The summed E-state index contributed by atoms with van der Waals surface area (Å²) in [5.41, 5.74) is 2.44. The van der Waals surface area contributed by atoms with Gasteiger partial charge < -0.3 is 10.6 Å². The van der Waals surface area contributed by atoms with E-state index in [0.717, 1.165) is 5.69 Å². The molecular weight excluding hydrogens is 345 g/mol. The number of halogens is 2. The van der Waals surface area contributed by atoms with Crippen LogP contribution in [0.5, 0.6) is 0 Å². The molecule has 1 amide bonds. The van der Waals surface area contributed by atoms with Gasteiger partial charge in [-0.2, -0.15) is 0 Å². The number of aromatic nitrogens is 1. The maximum absolute atomic E-state index is 12.3. The van der Waals surface area contributed by atoms with Crippen LogP contribution >= 0.6 is 23.2 Å². The van der Waals surface area contributed by atoms with Crippen molar-refractivity contribution >= 4 is 46.2 Å². The lowest BCUT2D eigenvalue weighted by Crippen LogP contribution is -2.12. The molecule has 0 bridgehead atoms. The first-order chi connectivity index (χ1) is 11.6. The molecule has 0 atom stereocenters. The molecule has 0 saturated carbocycles. The highest BCUT2D eigenvalue weighted by Gasteiger charge is 2.09. The topological polar surface area (TPSA) is 54.0 Å². The molecule has 0 aliphatic rings. The van der Waals surface area contributed by atoms with Crippen LogP contribution in [-0.2, 0) is 0 Å². The van der Waals surface area contributed by atoms with Crippen molar-refractivity contribution in [1.82, 2.24) is 4.98 Å². The number of para-hydroxylation sites is 1. The van der Waals surface area contributed by atoms with Crippen molar-refractivity contribution in [3.63, 3.8) is 0 Å². The van der Waals surface area contributed by atoms with Crippen molar-refractivity contribution in [2.45, 2.75) is 0 Å². The molecule has 0 unspecified atom stereocenters. The monoisotopic (exact) mass is 357 g/mol. The predicted octanol–water partition coefficient (Wildman–Crippen LogP) is 5.38. The van der Waals surface area contributed by atoms with Crippen LogP contribution in [0.15, 0.2) is 67.0 Å². The summed E-state index contributed by atoms with van der Waals surface area (Å²) in [4.78, 5) is 16.4. The lowest BCUT2D eigenvalue weighted by Gasteiger charge is -2.10. The minimum absolute atomic E-state index is 0.241. The van der Waals surface area contributed by atoms with Crippen molar-refractivity contribution < 1.29 is 4.79 Å². The van der Waals surface area contributed by atoms with E-state index in [4.69, 9.17) is 23.2 Å². The fourth-order valence-corrected chi connectivity index (χ4v) is 2.44. The lowest BCUT2D eigenvalue weighted by atomic mass is 10.2. The van der Waals surface area contributed by atoms with Crippen LogP contribution in [-0.4, -0.2) is 10.9 Å². The van der Waals surface area contributed by atoms with E-state index < -0.39 is 0 Å². The lowest BCUT2D eigenvalue weighted by molar-refractivity contribution is 0.102. The zero-order valence-electron chi connectivity index (χ0n) is 12.5. The van der Waals surface area contributed by atoms with Crippen molar-refractivity contribution in [3.8, 4) is 0 Å². The van der Waals surface area contributed by atoms with Crippen molar-refractivity contribution in [2.24, 2.45) is 0 Å². The Bertz CT molecular complexity index is 869. The fraction of sp³-hybridized carbons (Fsp3) is 0. The van der Waals surface area contributed by atoms with Gasteiger partial charge in [0.05, 0.1) is 28.2 Å². The minimum atomic E-state index is -0.241. The molecule has 3 aromatic rings. The van der Waals surface area contributed by atoms with Crippen LogP contribution in [0, 0.1) is 0 Å². The van der Waals surface area contributed by atoms with Gasteiger partial charge in [0.15, 0.2) is 0 Å². The van der Waals surface area contributed by atoms with Gasteiger partial charge in [-0.3, -0.25) is 9.78 Å². The Morgan fingerprint density at radius 2 is 1.71 bits per heavy atom. The molecule has 1 aromatic heterocycles. The number of pyridine rings is 1. The molecule has 24 heavy (non-hydrogen) atoms. The molecule has 0 saturated heterocycles. The van der Waals surface area contributed by atoms with Crippen molar-refractivity contribution in [2.75, 3.05) is 10.6 Å². The second-order valence-corrected chi connectivity index (χ2v) is 5.88. The molecule has 0 aliphatic carbocycles. The molecule has 4 nitrogen and oxygen atoms in total. The molecule has 6 heteroatoms. The van der Waals surface area contributed by atoms with E-state index in [1.807, 2.05) is 30.3 Å². The number of amides is 1. The molecule has 2 aromatic carbocycles. The zero-order valence-corrected chi connectivity index (χ0v) is 14.0. The van der Waals surface area contributed by atoms with E-state index in [9.17, 15) is 4.79 Å². The first kappa shape index (κ1) is 16.3. The molecule has 0 aliphatic heterocycles. The zero-order chi connectivity index (χ0) is 16.9. The number of hydrogen-bond acceptors (Lipinski definition) is 3. The Balaban J connectivity index is 1.79. The Morgan fingerprint density at radius 3 is 2.50 bits per heavy atom. The van der Waals surface area contributed by atoms with Gasteiger partial charge in [0.25, 0.3) is 5.91 Å². The molecule has 0 fully saturated rings. The van der Waals surface area contributed by atoms with Crippen LogP contribution < -0.4 is 10.6 Å². The average Bonchev–Trinajstić information content (AvgIpc) is 2.59. The Morgan fingerprint density at radius 1 is 0.917 bits per heavy atom. The first-order valence-electron chi connectivity index (χ1n) is 7.15. The van der Waals surface area contributed by atoms with Gasteiger partial charge in [-0.25, -0.2) is 0 Å². The number of carbonyl (C=O) groups is 1. The van der Waals surface area contributed by atoms with Gasteiger partial charge in [-0.15, -0.1) is 0 Å². The van der Waals surface area contributed by atoms with Crippen molar-refractivity contribution in [1.29, 1.82) is 0 Å². The third-order valence-electron chi connectivity index (χ3n) is 3.24. The number of carbonyl (C=O) groups excluding carboxylic acids is 1. The van der Waals surface area contributed by atoms with Gasteiger partial charge in [-0.1, -0.05) is 41.4 Å². The van der Waals surface area contributed by atoms with E-state index in [-0.39, 0.29) is 5.91 Å². The summed E-state index contributed by atoms with van der Waals surface area (Å²) in [6, 6.07) is 16.0. The molecule has 1 heterocycles. The van der Waals surface area contributed by atoms with Crippen molar-refractivity contribution in [3.05, 3.63) is 82.6 Å². The van der Waals surface area contributed by atoms with Crippen LogP contribution in [0.2, 0.25) is 10.0 Å². The number of benzene rings is 2. The largest absolute Gasteiger partial charge is 0.353 e. The van der Waals surface area contributed by atoms with Gasteiger partial charge in [-0.05, 0) is 36.4 Å². The molecule has 120 valence electrons. The second-order valence-electron chi connectivity index (χ2n) is 5.03. The smallest absolute Gasteiger partial charge is 0.257 e. The molecular formula is C18H13Cl2N3O. The third kappa shape index (κ3) is 4.04. The molecule has 3 rings (SSSR count). The third-order valence-corrected chi connectivity index (χ3v) is 3.80. The van der Waals surface area contributed by atoms with E-state index in [0.29, 0.717) is 27.0 Å². The maximum Gasteiger partial charge on any atom is 0.257 e. The average molecular weight is 358 g/mol. The van der Waals surface area contributed by atoms with E-state index in [1.54, 1.807) is 30.5 Å². The predicted molar refractivity (Wildman–Crippen MR) is 98.4 cm³/mol. The van der Waals surface area contributed by atoms with Crippen LogP contribution in [0.3, 0.4) is 0 Å². The number of nitrogens with one attached hydrogen (secondary N) is 2. The standard InChI is InChI=1S/C18H13Cl2N3O/c19-13-6-7-16(20)17(9-13)22-15-8-12(10-21-11-15)18(24)23-14-4-2-1-3-5-14/h1-11,22H,(H,23,24). The Labute approximate surface area is 149 Å². The van der Waals surface area contributed by atoms with Gasteiger partial charge in [0, 0.05) is 16.9 Å². The summed E-state index contributed by atoms with van der Waals surface area (Å²) < 4.78 is 0. The highest BCUT2D eigenvalue weighted by Crippen LogP contribution is 2.28. The molecule has 2 N–H and O–H groups in total. The highest BCUT2D eigenvalue weighted by atomic mass is 35.5. The maximum atomic E-state index is 12.3. The molecule has 0 radical (unpaired) electrons. The molecule has 0 spiro atoms.